The molecule has 0 bridgehead atoms. The molecule has 1 aliphatic rings. The van der Waals surface area contributed by atoms with Crippen molar-refractivity contribution >= 4 is 10.9 Å². The predicted octanol–water partition coefficient (Wildman–Crippen LogP) is 5.30. The van der Waals surface area contributed by atoms with E-state index in [1.54, 1.807) is 0 Å². The van der Waals surface area contributed by atoms with Gasteiger partial charge in [0.05, 0.1) is 11.2 Å². The summed E-state index contributed by atoms with van der Waals surface area (Å²) < 4.78 is 0. The van der Waals surface area contributed by atoms with Crippen molar-refractivity contribution in [2.75, 3.05) is 19.6 Å². The fourth-order valence-corrected chi connectivity index (χ4v) is 4.40. The highest BCUT2D eigenvalue weighted by Crippen LogP contribution is 2.25. The zero-order chi connectivity index (χ0) is 20.3. The van der Waals surface area contributed by atoms with Crippen molar-refractivity contribution in [2.45, 2.75) is 51.6 Å². The molecule has 29 heavy (non-hydrogen) atoms. The number of fused-ring (bicyclic) bond motifs is 1. The van der Waals surface area contributed by atoms with Crippen LogP contribution in [0, 0.1) is 0 Å². The molecule has 0 amide bonds. The Morgan fingerprint density at radius 3 is 2.38 bits per heavy atom. The summed E-state index contributed by atoms with van der Waals surface area (Å²) in [5.74, 6) is 0. The Morgan fingerprint density at radius 1 is 0.966 bits per heavy atom. The summed E-state index contributed by atoms with van der Waals surface area (Å²) in [6, 6.07) is 22.0. The van der Waals surface area contributed by atoms with E-state index in [9.17, 15) is 0 Å². The van der Waals surface area contributed by atoms with Gasteiger partial charge in [0.2, 0.25) is 0 Å². The molecule has 1 aliphatic heterocycles. The van der Waals surface area contributed by atoms with E-state index in [4.69, 9.17) is 4.98 Å². The summed E-state index contributed by atoms with van der Waals surface area (Å²) in [4.78, 5) is 7.55. The number of aromatic nitrogens is 1. The number of pyridine rings is 1. The highest BCUT2D eigenvalue weighted by Gasteiger charge is 2.22. The molecule has 0 radical (unpaired) electrons. The minimum atomic E-state index is 0.205. The standard InChI is InChI=1S/C26H33N3/c1-26(2,3)28-22-14-17-29(18-15-22)16-13-21-19-25(20-9-5-4-6-10-20)27-24-12-8-7-11-23(21)24/h4-12,19,22,28H,13-18H2,1-3H3. The first kappa shape index (κ1) is 20.1. The van der Waals surface area contributed by atoms with Crippen LogP contribution in [0.2, 0.25) is 0 Å². The zero-order valence-electron chi connectivity index (χ0n) is 18.0. The van der Waals surface area contributed by atoms with Gasteiger partial charge in [-0.3, -0.25) is 0 Å². The van der Waals surface area contributed by atoms with Crippen molar-refractivity contribution in [1.29, 1.82) is 0 Å². The highest BCUT2D eigenvalue weighted by molar-refractivity contribution is 5.85. The first-order chi connectivity index (χ1) is 14.0. The Morgan fingerprint density at radius 2 is 1.66 bits per heavy atom. The molecule has 1 saturated heterocycles. The normalized spacial score (nSPS) is 16.4. The first-order valence-corrected chi connectivity index (χ1v) is 10.9. The summed E-state index contributed by atoms with van der Waals surface area (Å²) in [6.07, 6.45) is 3.55. The van der Waals surface area contributed by atoms with Crippen LogP contribution in [-0.4, -0.2) is 41.1 Å². The van der Waals surface area contributed by atoms with Gasteiger partial charge in [0.15, 0.2) is 0 Å². The molecule has 2 aromatic carbocycles. The number of rotatable bonds is 5. The molecule has 0 spiro atoms. The van der Waals surface area contributed by atoms with E-state index in [0.717, 1.165) is 24.2 Å². The van der Waals surface area contributed by atoms with Gasteiger partial charge in [-0.25, -0.2) is 4.98 Å². The lowest BCUT2D eigenvalue weighted by molar-refractivity contribution is 0.183. The molecule has 0 aliphatic carbocycles. The topological polar surface area (TPSA) is 28.2 Å². The van der Waals surface area contributed by atoms with E-state index >= 15 is 0 Å². The largest absolute Gasteiger partial charge is 0.309 e. The number of para-hydroxylation sites is 1. The van der Waals surface area contributed by atoms with E-state index < -0.39 is 0 Å². The number of likely N-dealkylation sites (tertiary alicyclic amines) is 1. The molecule has 4 rings (SSSR count). The van der Waals surface area contributed by atoms with E-state index in [1.165, 1.54) is 42.4 Å². The molecule has 1 N–H and O–H groups in total. The van der Waals surface area contributed by atoms with Gasteiger partial charge in [0, 0.05) is 29.1 Å². The number of benzene rings is 2. The second-order valence-electron chi connectivity index (χ2n) is 9.31. The molecular weight excluding hydrogens is 354 g/mol. The van der Waals surface area contributed by atoms with Crippen molar-refractivity contribution in [3.63, 3.8) is 0 Å². The summed E-state index contributed by atoms with van der Waals surface area (Å²) >= 11 is 0. The van der Waals surface area contributed by atoms with E-state index in [0.29, 0.717) is 6.04 Å². The van der Waals surface area contributed by atoms with Crippen LogP contribution < -0.4 is 5.32 Å². The van der Waals surface area contributed by atoms with Crippen molar-refractivity contribution < 1.29 is 0 Å². The predicted molar refractivity (Wildman–Crippen MR) is 123 cm³/mol. The fourth-order valence-electron chi connectivity index (χ4n) is 4.40. The van der Waals surface area contributed by atoms with Crippen molar-refractivity contribution in [3.8, 4) is 11.3 Å². The summed E-state index contributed by atoms with van der Waals surface area (Å²) in [5, 5.41) is 5.06. The Balaban J connectivity index is 1.47. The molecular formula is C26H33N3. The Kier molecular flexibility index (Phi) is 5.98. The molecule has 1 aromatic heterocycles. The van der Waals surface area contributed by atoms with Crippen LogP contribution in [0.25, 0.3) is 22.2 Å². The SMILES string of the molecule is CC(C)(C)NC1CCN(CCc2cc(-c3ccccc3)nc3ccccc23)CC1. The molecule has 3 heteroatoms. The lowest BCUT2D eigenvalue weighted by Crippen LogP contribution is -2.49. The van der Waals surface area contributed by atoms with Gasteiger partial charge in [0.1, 0.15) is 0 Å². The number of piperidine rings is 1. The number of nitrogens with zero attached hydrogens (tertiary/aromatic N) is 2. The van der Waals surface area contributed by atoms with E-state index in [2.05, 4.69) is 91.7 Å². The van der Waals surface area contributed by atoms with Crippen LogP contribution in [-0.2, 0) is 6.42 Å². The second kappa shape index (κ2) is 8.64. The monoisotopic (exact) mass is 387 g/mol. The molecule has 2 heterocycles. The van der Waals surface area contributed by atoms with Crippen LogP contribution in [0.4, 0.5) is 0 Å². The number of hydrogen-bond acceptors (Lipinski definition) is 3. The minimum absolute atomic E-state index is 0.205. The summed E-state index contributed by atoms with van der Waals surface area (Å²) in [6.45, 7) is 10.3. The van der Waals surface area contributed by atoms with Gasteiger partial charge < -0.3 is 10.2 Å². The summed E-state index contributed by atoms with van der Waals surface area (Å²) in [7, 11) is 0. The Hall–Kier alpha value is -2.23. The van der Waals surface area contributed by atoms with Gasteiger partial charge in [-0.15, -0.1) is 0 Å². The molecule has 0 unspecified atom stereocenters. The average Bonchev–Trinajstić information content (AvgIpc) is 2.72. The van der Waals surface area contributed by atoms with Gasteiger partial charge in [-0.2, -0.15) is 0 Å². The van der Waals surface area contributed by atoms with Gasteiger partial charge >= 0.3 is 0 Å². The number of hydrogen-bond donors (Lipinski definition) is 1. The van der Waals surface area contributed by atoms with Crippen LogP contribution in [0.3, 0.4) is 0 Å². The van der Waals surface area contributed by atoms with Crippen molar-refractivity contribution in [2.24, 2.45) is 0 Å². The lowest BCUT2D eigenvalue weighted by atomic mass is 9.98. The van der Waals surface area contributed by atoms with Crippen LogP contribution in [0.15, 0.2) is 60.7 Å². The summed E-state index contributed by atoms with van der Waals surface area (Å²) in [5.41, 5.74) is 4.97. The molecule has 152 valence electrons. The zero-order valence-corrected chi connectivity index (χ0v) is 18.0. The molecule has 3 nitrogen and oxygen atoms in total. The fraction of sp³-hybridized carbons (Fsp3) is 0.423. The average molecular weight is 388 g/mol. The molecule has 3 aromatic rings. The van der Waals surface area contributed by atoms with Crippen LogP contribution in [0.5, 0.6) is 0 Å². The maximum Gasteiger partial charge on any atom is 0.0712 e. The van der Waals surface area contributed by atoms with Crippen LogP contribution >= 0.6 is 0 Å². The van der Waals surface area contributed by atoms with Gasteiger partial charge in [-0.05, 0) is 70.8 Å². The Bertz CT molecular complexity index is 935. The highest BCUT2D eigenvalue weighted by atomic mass is 15.1. The van der Waals surface area contributed by atoms with Crippen molar-refractivity contribution in [1.82, 2.24) is 15.2 Å². The smallest absolute Gasteiger partial charge is 0.0712 e. The van der Waals surface area contributed by atoms with E-state index in [1.807, 2.05) is 0 Å². The second-order valence-corrected chi connectivity index (χ2v) is 9.31. The van der Waals surface area contributed by atoms with E-state index in [-0.39, 0.29) is 5.54 Å². The van der Waals surface area contributed by atoms with Gasteiger partial charge in [-0.1, -0.05) is 48.5 Å². The third-order valence-electron chi connectivity index (χ3n) is 5.79. The van der Waals surface area contributed by atoms with Gasteiger partial charge in [0.25, 0.3) is 0 Å². The quantitative estimate of drug-likeness (QED) is 0.644. The molecule has 1 fully saturated rings. The first-order valence-electron chi connectivity index (χ1n) is 10.9. The molecule has 0 saturated carbocycles. The third kappa shape index (κ3) is 5.23. The number of nitrogens with one attached hydrogen (secondary N) is 1. The maximum atomic E-state index is 4.92. The minimum Gasteiger partial charge on any atom is -0.309 e. The van der Waals surface area contributed by atoms with Crippen LogP contribution in [0.1, 0.15) is 39.2 Å². The Labute approximate surface area is 175 Å². The molecule has 0 atom stereocenters. The lowest BCUT2D eigenvalue weighted by Gasteiger charge is -2.36. The van der Waals surface area contributed by atoms with Crippen molar-refractivity contribution in [3.05, 3.63) is 66.2 Å². The maximum absolute atomic E-state index is 4.92. The third-order valence-corrected chi connectivity index (χ3v) is 5.79.